The van der Waals surface area contributed by atoms with Crippen LogP contribution in [0.5, 0.6) is 0 Å². The van der Waals surface area contributed by atoms with Crippen LogP contribution in [-0.2, 0) is 11.2 Å². The third-order valence-electron chi connectivity index (χ3n) is 2.68. The zero-order valence-corrected chi connectivity index (χ0v) is 12.1. The van der Waals surface area contributed by atoms with Crippen molar-refractivity contribution in [3.8, 4) is 0 Å². The Labute approximate surface area is 112 Å². The maximum atomic E-state index is 5.93. The second-order valence-electron chi connectivity index (χ2n) is 4.35. The average Bonchev–Trinajstić information content (AvgIpc) is 2.68. The summed E-state index contributed by atoms with van der Waals surface area (Å²) in [7, 11) is 0. The van der Waals surface area contributed by atoms with Crippen LogP contribution in [0.25, 0.3) is 0 Å². The van der Waals surface area contributed by atoms with E-state index in [4.69, 9.17) is 22.2 Å². The molecule has 1 aromatic heterocycles. The quantitative estimate of drug-likeness (QED) is 0.595. The first-order valence-electron chi connectivity index (χ1n) is 5.90. The van der Waals surface area contributed by atoms with Crippen LogP contribution in [0.15, 0.2) is 12.1 Å². The van der Waals surface area contributed by atoms with E-state index in [-0.39, 0.29) is 12.1 Å². The fourth-order valence-electron chi connectivity index (χ4n) is 1.91. The fraction of sp³-hybridized carbons (Fsp3) is 0.667. The monoisotopic (exact) mass is 276 g/mol. The molecule has 0 saturated heterocycles. The van der Waals surface area contributed by atoms with Crippen LogP contribution in [0.1, 0.15) is 25.6 Å². The number of rotatable bonds is 7. The van der Waals surface area contributed by atoms with E-state index >= 15 is 0 Å². The molecule has 1 heterocycles. The number of nitrogens with two attached hydrogens (primary N) is 1. The van der Waals surface area contributed by atoms with E-state index in [2.05, 4.69) is 19.3 Å². The molecule has 0 spiro atoms. The molecular formula is C12H21ClN2OS. The van der Waals surface area contributed by atoms with E-state index in [1.165, 1.54) is 4.88 Å². The number of hydrogen-bond donors (Lipinski definition) is 2. The van der Waals surface area contributed by atoms with Crippen molar-refractivity contribution in [3.63, 3.8) is 0 Å². The highest BCUT2D eigenvalue weighted by Gasteiger charge is 2.24. The molecule has 3 N–H and O–H groups in total. The number of hydrogen-bond acceptors (Lipinski definition) is 4. The predicted octanol–water partition coefficient (Wildman–Crippen LogP) is 2.84. The maximum Gasteiger partial charge on any atom is 0.0931 e. The number of nitrogens with one attached hydrogen (secondary N) is 1. The molecular weight excluding hydrogens is 256 g/mol. The Bertz CT molecular complexity index is 330. The van der Waals surface area contributed by atoms with Gasteiger partial charge in [0.05, 0.1) is 16.5 Å². The highest BCUT2D eigenvalue weighted by Crippen LogP contribution is 2.24. The first-order valence-corrected chi connectivity index (χ1v) is 7.09. The summed E-state index contributed by atoms with van der Waals surface area (Å²) in [6.45, 7) is 7.00. The van der Waals surface area contributed by atoms with Crippen LogP contribution in [-0.4, -0.2) is 18.8 Å². The van der Waals surface area contributed by atoms with Crippen molar-refractivity contribution < 1.29 is 4.74 Å². The van der Waals surface area contributed by atoms with E-state index in [1.807, 2.05) is 19.1 Å². The Morgan fingerprint density at radius 3 is 2.59 bits per heavy atom. The molecule has 5 heteroatoms. The molecule has 1 rings (SSSR count). The topological polar surface area (TPSA) is 47.3 Å². The minimum absolute atomic E-state index is 0.115. The number of halogens is 1. The second-order valence-corrected chi connectivity index (χ2v) is 6.15. The lowest BCUT2D eigenvalue weighted by molar-refractivity contribution is 0.00373. The van der Waals surface area contributed by atoms with E-state index in [1.54, 1.807) is 11.3 Å². The Hall–Kier alpha value is -0.130. The Morgan fingerprint density at radius 1 is 1.47 bits per heavy atom. The number of thiophene rings is 1. The summed E-state index contributed by atoms with van der Waals surface area (Å²) in [6.07, 6.45) is 0.961. The average molecular weight is 277 g/mol. The van der Waals surface area contributed by atoms with Crippen molar-refractivity contribution in [3.05, 3.63) is 21.3 Å². The molecule has 98 valence electrons. The van der Waals surface area contributed by atoms with Gasteiger partial charge in [0, 0.05) is 17.9 Å². The summed E-state index contributed by atoms with van der Waals surface area (Å²) < 4.78 is 6.58. The highest BCUT2D eigenvalue weighted by molar-refractivity contribution is 7.16. The first-order chi connectivity index (χ1) is 8.08. The molecule has 0 radical (unpaired) electrons. The van der Waals surface area contributed by atoms with E-state index < -0.39 is 0 Å². The zero-order chi connectivity index (χ0) is 12.8. The highest BCUT2D eigenvalue weighted by atomic mass is 35.5. The summed E-state index contributed by atoms with van der Waals surface area (Å²) in [6, 6.07) is 4.07. The van der Waals surface area contributed by atoms with Gasteiger partial charge in [0.2, 0.25) is 0 Å². The lowest BCUT2D eigenvalue weighted by Crippen LogP contribution is -2.48. The summed E-state index contributed by atoms with van der Waals surface area (Å²) in [5, 5.41) is 0. The normalized spacial score (nSPS) is 15.2. The Kier molecular flexibility index (Phi) is 6.44. The molecule has 0 amide bonds. The van der Waals surface area contributed by atoms with E-state index in [0.29, 0.717) is 12.5 Å². The molecule has 0 aliphatic carbocycles. The van der Waals surface area contributed by atoms with Gasteiger partial charge >= 0.3 is 0 Å². The molecule has 1 aromatic rings. The van der Waals surface area contributed by atoms with Crippen LogP contribution in [0.4, 0.5) is 0 Å². The van der Waals surface area contributed by atoms with Gasteiger partial charge in [-0.25, -0.2) is 0 Å². The molecule has 2 atom stereocenters. The van der Waals surface area contributed by atoms with Crippen LogP contribution < -0.4 is 11.3 Å². The van der Waals surface area contributed by atoms with Crippen LogP contribution in [0.3, 0.4) is 0 Å². The minimum Gasteiger partial charge on any atom is -0.377 e. The van der Waals surface area contributed by atoms with Crippen molar-refractivity contribution in [1.29, 1.82) is 0 Å². The van der Waals surface area contributed by atoms with Crippen molar-refractivity contribution in [2.24, 2.45) is 11.8 Å². The van der Waals surface area contributed by atoms with Crippen molar-refractivity contribution in [2.45, 2.75) is 39.3 Å². The summed E-state index contributed by atoms with van der Waals surface area (Å²) in [4.78, 5) is 1.23. The standard InChI is InChI=1S/C12H21ClN2OS/c1-4-16-12(8(2)3)10(15-14)7-9-5-6-11(13)17-9/h5-6,8,10,12,15H,4,7,14H2,1-3H3. The van der Waals surface area contributed by atoms with Crippen LogP contribution in [0, 0.1) is 5.92 Å². The Morgan fingerprint density at radius 2 is 2.18 bits per heavy atom. The third-order valence-corrected chi connectivity index (χ3v) is 3.93. The first kappa shape index (κ1) is 14.9. The minimum atomic E-state index is 0.115. The molecule has 3 nitrogen and oxygen atoms in total. The van der Waals surface area contributed by atoms with Crippen LogP contribution in [0.2, 0.25) is 4.34 Å². The van der Waals surface area contributed by atoms with E-state index in [0.717, 1.165) is 10.8 Å². The van der Waals surface area contributed by atoms with Gasteiger partial charge in [-0.1, -0.05) is 25.4 Å². The molecule has 17 heavy (non-hydrogen) atoms. The SMILES string of the molecule is CCOC(C(C)C)C(Cc1ccc(Cl)s1)NN. The van der Waals surface area contributed by atoms with Gasteiger partial charge in [-0.2, -0.15) is 0 Å². The second kappa shape index (κ2) is 7.34. The van der Waals surface area contributed by atoms with Crippen molar-refractivity contribution in [2.75, 3.05) is 6.61 Å². The number of hydrazine groups is 1. The molecule has 0 fully saturated rings. The number of ether oxygens (including phenoxy) is 1. The lowest BCUT2D eigenvalue weighted by atomic mass is 9.97. The molecule has 0 aliphatic rings. The smallest absolute Gasteiger partial charge is 0.0931 e. The van der Waals surface area contributed by atoms with Crippen molar-refractivity contribution >= 4 is 22.9 Å². The predicted molar refractivity (Wildman–Crippen MR) is 74.4 cm³/mol. The fourth-order valence-corrected chi connectivity index (χ4v) is 3.06. The largest absolute Gasteiger partial charge is 0.377 e. The molecule has 2 unspecified atom stereocenters. The molecule has 0 aliphatic heterocycles. The summed E-state index contributed by atoms with van der Waals surface area (Å²) in [5.74, 6) is 6.06. The summed E-state index contributed by atoms with van der Waals surface area (Å²) in [5.41, 5.74) is 2.86. The molecule has 0 aromatic carbocycles. The van der Waals surface area contributed by atoms with Gasteiger partial charge in [-0.15, -0.1) is 11.3 Å². The van der Waals surface area contributed by atoms with Gasteiger partial charge in [-0.3, -0.25) is 11.3 Å². The van der Waals surface area contributed by atoms with Crippen LogP contribution >= 0.6 is 22.9 Å². The van der Waals surface area contributed by atoms with Gasteiger partial charge < -0.3 is 4.74 Å². The van der Waals surface area contributed by atoms with Gasteiger partial charge in [0.25, 0.3) is 0 Å². The Balaban J connectivity index is 2.68. The third kappa shape index (κ3) is 4.56. The van der Waals surface area contributed by atoms with Gasteiger partial charge in [0.15, 0.2) is 0 Å². The zero-order valence-electron chi connectivity index (χ0n) is 10.6. The maximum absolute atomic E-state index is 5.93. The molecule has 0 bridgehead atoms. The van der Waals surface area contributed by atoms with Gasteiger partial charge in [0.1, 0.15) is 0 Å². The van der Waals surface area contributed by atoms with E-state index in [9.17, 15) is 0 Å². The van der Waals surface area contributed by atoms with Crippen molar-refractivity contribution in [1.82, 2.24) is 5.43 Å². The summed E-state index contributed by atoms with van der Waals surface area (Å²) >= 11 is 7.52. The lowest BCUT2D eigenvalue weighted by Gasteiger charge is -2.29. The molecule has 0 saturated carbocycles. The van der Waals surface area contributed by atoms with Gasteiger partial charge in [-0.05, 0) is 25.0 Å².